The predicted octanol–water partition coefficient (Wildman–Crippen LogP) is 4.30. The van der Waals surface area contributed by atoms with Crippen molar-refractivity contribution in [1.82, 2.24) is 5.32 Å². The maximum Gasteiger partial charge on any atom is 0.386 e. The van der Waals surface area contributed by atoms with Gasteiger partial charge >= 0.3 is 6.61 Å². The van der Waals surface area contributed by atoms with Crippen molar-refractivity contribution in [2.45, 2.75) is 13.0 Å². The van der Waals surface area contributed by atoms with E-state index < -0.39 is 12.5 Å². The van der Waals surface area contributed by atoms with Crippen molar-refractivity contribution in [3.63, 3.8) is 0 Å². The number of nitrogens with one attached hydrogen (secondary N) is 1. The van der Waals surface area contributed by atoms with Crippen molar-refractivity contribution in [2.24, 2.45) is 0 Å². The Labute approximate surface area is 178 Å². The van der Waals surface area contributed by atoms with Crippen LogP contribution < -0.4 is 14.8 Å². The van der Waals surface area contributed by atoms with Crippen molar-refractivity contribution in [3.8, 4) is 23.8 Å². The Morgan fingerprint density at radius 3 is 2.60 bits per heavy atom. The number of ether oxygens (including phenoxy) is 3. The number of benzene rings is 2. The number of methoxy groups -OCH3 is 1. The number of amides is 1. The van der Waals surface area contributed by atoms with Gasteiger partial charge in [-0.1, -0.05) is 35.7 Å². The van der Waals surface area contributed by atoms with Crippen LogP contribution in [0.15, 0.2) is 48.7 Å². The normalized spacial score (nSPS) is 11.0. The molecule has 0 aliphatic heterocycles. The van der Waals surface area contributed by atoms with Crippen LogP contribution >= 0.6 is 11.6 Å². The number of terminal acetylenes is 1. The van der Waals surface area contributed by atoms with Crippen molar-refractivity contribution >= 4 is 23.1 Å². The number of hydrogen-bond acceptors (Lipinski definition) is 4. The second-order valence-corrected chi connectivity index (χ2v) is 6.36. The molecular weight excluding hydrogens is 416 g/mol. The molecule has 0 atom stereocenters. The summed E-state index contributed by atoms with van der Waals surface area (Å²) in [6.45, 7) is -2.67. The fourth-order valence-electron chi connectivity index (χ4n) is 2.52. The largest absolute Gasteiger partial charge is 0.493 e. The first-order valence-corrected chi connectivity index (χ1v) is 9.23. The molecule has 0 saturated carbocycles. The molecule has 8 heteroatoms. The summed E-state index contributed by atoms with van der Waals surface area (Å²) in [6, 6.07) is 11.5. The minimum atomic E-state index is -3.04. The molecule has 0 aliphatic carbocycles. The van der Waals surface area contributed by atoms with Crippen LogP contribution in [0.3, 0.4) is 0 Å². The molecular formula is C22H20ClF2NO4. The molecule has 0 unspecified atom stereocenters. The molecule has 1 amide bonds. The quantitative estimate of drug-likeness (QED) is 0.343. The standard InChI is InChI=1S/C22H20ClF2NO4/c1-3-12-29-19-9-4-15(13-20(19)28-2)10-11-26-21(27)18(14-30-22(24)25)16-5-7-17(23)8-6-16/h1,4-9,13-14,22H,10-12H2,2H3,(H,26,27)/b18-14-. The fourth-order valence-corrected chi connectivity index (χ4v) is 2.65. The lowest BCUT2D eigenvalue weighted by atomic mass is 10.1. The van der Waals surface area contributed by atoms with Gasteiger partial charge in [-0.05, 0) is 41.8 Å². The van der Waals surface area contributed by atoms with E-state index in [9.17, 15) is 13.6 Å². The molecule has 2 rings (SSSR count). The monoisotopic (exact) mass is 435 g/mol. The molecule has 0 aliphatic rings. The van der Waals surface area contributed by atoms with Crippen LogP contribution in [0.25, 0.3) is 5.57 Å². The Morgan fingerprint density at radius 2 is 1.97 bits per heavy atom. The van der Waals surface area contributed by atoms with Crippen molar-refractivity contribution in [3.05, 3.63) is 64.9 Å². The maximum absolute atomic E-state index is 12.5. The Hall–Kier alpha value is -3.24. The fraction of sp³-hybridized carbons (Fsp3) is 0.227. The number of halogens is 3. The first-order valence-electron chi connectivity index (χ1n) is 8.85. The topological polar surface area (TPSA) is 56.8 Å². The number of carbonyl (C=O) groups is 1. The maximum atomic E-state index is 12.5. The van der Waals surface area contributed by atoms with E-state index in [2.05, 4.69) is 16.0 Å². The van der Waals surface area contributed by atoms with Gasteiger partial charge in [0.15, 0.2) is 11.5 Å². The van der Waals surface area contributed by atoms with Crippen molar-refractivity contribution < 1.29 is 27.8 Å². The highest BCUT2D eigenvalue weighted by molar-refractivity contribution is 6.30. The lowest BCUT2D eigenvalue weighted by Crippen LogP contribution is -2.26. The molecule has 0 bridgehead atoms. The van der Waals surface area contributed by atoms with E-state index in [0.29, 0.717) is 28.5 Å². The third-order valence-electron chi connectivity index (χ3n) is 3.93. The highest BCUT2D eigenvalue weighted by atomic mass is 35.5. The Balaban J connectivity index is 2.04. The zero-order chi connectivity index (χ0) is 21.9. The molecule has 0 spiro atoms. The summed E-state index contributed by atoms with van der Waals surface area (Å²) in [7, 11) is 1.51. The molecule has 0 aromatic heterocycles. The van der Waals surface area contributed by atoms with E-state index in [-0.39, 0.29) is 18.7 Å². The van der Waals surface area contributed by atoms with E-state index in [4.69, 9.17) is 27.5 Å². The second-order valence-electron chi connectivity index (χ2n) is 5.92. The lowest BCUT2D eigenvalue weighted by Gasteiger charge is -2.12. The summed E-state index contributed by atoms with van der Waals surface area (Å²) >= 11 is 5.84. The molecule has 5 nitrogen and oxygen atoms in total. The highest BCUT2D eigenvalue weighted by Crippen LogP contribution is 2.28. The van der Waals surface area contributed by atoms with E-state index >= 15 is 0 Å². The Bertz CT molecular complexity index is 924. The Morgan fingerprint density at radius 1 is 1.23 bits per heavy atom. The highest BCUT2D eigenvalue weighted by Gasteiger charge is 2.14. The lowest BCUT2D eigenvalue weighted by molar-refractivity contribution is -0.116. The second kappa shape index (κ2) is 11.7. The van der Waals surface area contributed by atoms with Gasteiger partial charge in [0.2, 0.25) is 0 Å². The zero-order valence-corrected chi connectivity index (χ0v) is 16.9. The molecule has 2 aromatic carbocycles. The summed E-state index contributed by atoms with van der Waals surface area (Å²) in [5.74, 6) is 2.85. The molecule has 2 aromatic rings. The Kier molecular flexibility index (Phi) is 8.98. The van der Waals surface area contributed by atoms with Gasteiger partial charge in [0.25, 0.3) is 5.91 Å². The van der Waals surface area contributed by atoms with Gasteiger partial charge < -0.3 is 19.5 Å². The van der Waals surface area contributed by atoms with E-state index in [1.165, 1.54) is 7.11 Å². The summed E-state index contributed by atoms with van der Waals surface area (Å²) in [4.78, 5) is 12.5. The minimum Gasteiger partial charge on any atom is -0.493 e. The molecule has 0 radical (unpaired) electrons. The molecule has 30 heavy (non-hydrogen) atoms. The smallest absolute Gasteiger partial charge is 0.386 e. The number of hydrogen-bond donors (Lipinski definition) is 1. The predicted molar refractivity (Wildman–Crippen MR) is 111 cm³/mol. The summed E-state index contributed by atoms with van der Waals surface area (Å²) < 4.78 is 39.8. The van der Waals surface area contributed by atoms with Gasteiger partial charge in [-0.25, -0.2) is 0 Å². The van der Waals surface area contributed by atoms with Gasteiger partial charge in [-0.15, -0.1) is 6.42 Å². The minimum absolute atomic E-state index is 0.0393. The van der Waals surface area contributed by atoms with Crippen LogP contribution in [0, 0.1) is 12.3 Å². The van der Waals surface area contributed by atoms with Crippen LogP contribution in [0.5, 0.6) is 11.5 Å². The molecule has 0 saturated heterocycles. The SMILES string of the molecule is C#CCOc1ccc(CCNC(=O)/C(=C\OC(F)F)c2ccc(Cl)cc2)cc1OC. The van der Waals surface area contributed by atoms with Gasteiger partial charge in [0.1, 0.15) is 12.9 Å². The van der Waals surface area contributed by atoms with Crippen LogP contribution in [0.1, 0.15) is 11.1 Å². The number of alkyl halides is 2. The van der Waals surface area contributed by atoms with Gasteiger partial charge in [-0.3, -0.25) is 4.79 Å². The van der Waals surface area contributed by atoms with Gasteiger partial charge in [-0.2, -0.15) is 8.78 Å². The number of carbonyl (C=O) groups excluding carboxylic acids is 1. The van der Waals surface area contributed by atoms with Gasteiger partial charge in [0, 0.05) is 11.6 Å². The van der Waals surface area contributed by atoms with Gasteiger partial charge in [0.05, 0.1) is 12.7 Å². The molecule has 0 heterocycles. The first-order chi connectivity index (χ1) is 14.4. The third kappa shape index (κ3) is 6.98. The first kappa shape index (κ1) is 23.0. The van der Waals surface area contributed by atoms with Crippen LogP contribution in [-0.4, -0.2) is 32.8 Å². The average Bonchev–Trinajstić information content (AvgIpc) is 2.73. The summed E-state index contributed by atoms with van der Waals surface area (Å²) in [6.07, 6.45) is 6.40. The van der Waals surface area contributed by atoms with Crippen LogP contribution in [-0.2, 0) is 16.0 Å². The molecule has 158 valence electrons. The average molecular weight is 436 g/mol. The molecule has 0 fully saturated rings. The van der Waals surface area contributed by atoms with Crippen LogP contribution in [0.4, 0.5) is 8.78 Å². The third-order valence-corrected chi connectivity index (χ3v) is 4.18. The van der Waals surface area contributed by atoms with E-state index in [1.807, 2.05) is 6.07 Å². The molecule has 1 N–H and O–H groups in total. The van der Waals surface area contributed by atoms with Crippen molar-refractivity contribution in [1.29, 1.82) is 0 Å². The summed E-state index contributed by atoms with van der Waals surface area (Å²) in [5, 5.41) is 3.15. The number of rotatable bonds is 10. The van der Waals surface area contributed by atoms with Crippen LogP contribution in [0.2, 0.25) is 5.02 Å². The zero-order valence-electron chi connectivity index (χ0n) is 16.2. The van der Waals surface area contributed by atoms with Crippen molar-refractivity contribution in [2.75, 3.05) is 20.3 Å². The summed E-state index contributed by atoms with van der Waals surface area (Å²) in [5.41, 5.74) is 1.23. The van der Waals surface area contributed by atoms with E-state index in [0.717, 1.165) is 11.8 Å². The van der Waals surface area contributed by atoms with E-state index in [1.54, 1.807) is 36.4 Å².